The van der Waals surface area contributed by atoms with Crippen LogP contribution >= 0.6 is 23.2 Å². The number of nitrogens with one attached hydrogen (secondary N) is 2. The molecular weight excluding hydrogens is 593 g/mol. The number of carbonyl (C=O) groups is 1. The summed E-state index contributed by atoms with van der Waals surface area (Å²) in [6, 6.07) is 11.8. The smallest absolute Gasteiger partial charge is 0.416 e. The first-order chi connectivity index (χ1) is 20.7. The van der Waals surface area contributed by atoms with E-state index < -0.39 is 17.7 Å². The van der Waals surface area contributed by atoms with Crippen molar-refractivity contribution in [3.05, 3.63) is 99.9 Å². The normalized spacial score (nSPS) is 15.6. The van der Waals surface area contributed by atoms with Gasteiger partial charge in [0, 0.05) is 33.2 Å². The predicted molar refractivity (Wildman–Crippen MR) is 169 cm³/mol. The predicted octanol–water partition coefficient (Wildman–Crippen LogP) is 5.30. The van der Waals surface area contributed by atoms with Gasteiger partial charge in [-0.25, -0.2) is 4.79 Å². The fourth-order valence-corrected chi connectivity index (χ4v) is 5.24. The lowest BCUT2D eigenvalue weighted by atomic mass is 9.93. The van der Waals surface area contributed by atoms with Gasteiger partial charge in [0.05, 0.1) is 32.0 Å². The van der Waals surface area contributed by atoms with Crippen LogP contribution in [0.4, 0.5) is 4.79 Å². The number of aliphatic hydroxyl groups is 3. The quantitative estimate of drug-likeness (QED) is 0.0986. The molecule has 0 spiro atoms. The van der Waals surface area contributed by atoms with Crippen LogP contribution in [-0.2, 0) is 11.2 Å². The summed E-state index contributed by atoms with van der Waals surface area (Å²) in [5.41, 5.74) is 2.36. The van der Waals surface area contributed by atoms with Gasteiger partial charge < -0.3 is 35.1 Å². The minimum Gasteiger partial charge on any atom is -0.494 e. The van der Waals surface area contributed by atoms with Crippen LogP contribution in [0.25, 0.3) is 10.9 Å². The molecule has 3 aromatic rings. The van der Waals surface area contributed by atoms with Gasteiger partial charge in [0.25, 0.3) is 0 Å². The summed E-state index contributed by atoms with van der Waals surface area (Å²) in [5.74, 6) is 0.991. The zero-order chi connectivity index (χ0) is 31.0. The van der Waals surface area contributed by atoms with Crippen molar-refractivity contribution < 1.29 is 29.6 Å². The number of hydrogen-bond donors (Lipinski definition) is 5. The maximum atomic E-state index is 13.5. The zero-order valence-corrected chi connectivity index (χ0v) is 25.5. The monoisotopic (exact) mass is 629 g/mol. The van der Waals surface area contributed by atoms with E-state index in [-0.39, 0.29) is 19.8 Å². The van der Waals surface area contributed by atoms with Crippen LogP contribution in [0.5, 0.6) is 5.75 Å². The Balaban J connectivity index is 1.50. The third-order valence-electron chi connectivity index (χ3n) is 7.44. The lowest BCUT2D eigenvalue weighted by molar-refractivity contribution is 0.0414. The van der Waals surface area contributed by atoms with E-state index in [1.165, 1.54) is 0 Å². The first kappa shape index (κ1) is 32.6. The molecule has 230 valence electrons. The molecule has 0 aliphatic carbocycles. The molecule has 43 heavy (non-hydrogen) atoms. The van der Waals surface area contributed by atoms with Crippen molar-refractivity contribution in [2.45, 2.75) is 31.3 Å². The van der Waals surface area contributed by atoms with E-state index in [4.69, 9.17) is 32.7 Å². The van der Waals surface area contributed by atoms with Crippen molar-refractivity contribution in [2.75, 3.05) is 39.5 Å². The molecule has 0 bridgehead atoms. The van der Waals surface area contributed by atoms with E-state index in [2.05, 4.69) is 16.9 Å². The Morgan fingerprint density at radius 2 is 1.81 bits per heavy atom. The number of H-pyrrole nitrogens is 1. The number of halogens is 2. The van der Waals surface area contributed by atoms with Crippen molar-refractivity contribution in [1.82, 2.24) is 15.2 Å². The summed E-state index contributed by atoms with van der Waals surface area (Å²) in [6.07, 6.45) is 6.11. The molecule has 0 fully saturated rings. The molecule has 1 amide bonds. The number of fused-ring (bicyclic) bond motifs is 3. The Morgan fingerprint density at radius 1 is 1.12 bits per heavy atom. The molecule has 1 atom stereocenters. The van der Waals surface area contributed by atoms with Crippen molar-refractivity contribution >= 4 is 40.2 Å². The second kappa shape index (κ2) is 14.9. The summed E-state index contributed by atoms with van der Waals surface area (Å²) in [6.45, 7) is 6.21. The van der Waals surface area contributed by atoms with Gasteiger partial charge in [0.1, 0.15) is 17.6 Å². The van der Waals surface area contributed by atoms with Crippen LogP contribution in [0.2, 0.25) is 10.0 Å². The topological polar surface area (TPSA) is 127 Å². The number of hydrogen-bond acceptors (Lipinski definition) is 7. The molecule has 11 heteroatoms. The number of nitrogens with zero attached hydrogens (tertiary/aromatic N) is 1. The number of allylic oxidation sites excluding steroid dienone is 2. The van der Waals surface area contributed by atoms with Crippen molar-refractivity contribution in [3.8, 4) is 5.75 Å². The van der Waals surface area contributed by atoms with E-state index in [9.17, 15) is 20.1 Å². The van der Waals surface area contributed by atoms with Crippen LogP contribution in [0, 0.1) is 0 Å². The van der Waals surface area contributed by atoms with E-state index >= 15 is 0 Å². The molecule has 2 heterocycles. The van der Waals surface area contributed by atoms with Gasteiger partial charge in [-0.1, -0.05) is 35.9 Å². The summed E-state index contributed by atoms with van der Waals surface area (Å²) >= 11 is 12.3. The SMILES string of the molecule is C=C(/C=C\C(=C/C)OCCCNC(CO)(CO)CO)[C@H]1c2[nH]c3ccc(Cl)cc3c2CCN1C(=O)Oc1ccc(Cl)cc1. The van der Waals surface area contributed by atoms with E-state index in [1.54, 1.807) is 35.2 Å². The number of aliphatic hydroxyl groups excluding tert-OH is 3. The van der Waals surface area contributed by atoms with Crippen molar-refractivity contribution in [3.63, 3.8) is 0 Å². The highest BCUT2D eigenvalue weighted by atomic mass is 35.5. The number of rotatable bonds is 13. The summed E-state index contributed by atoms with van der Waals surface area (Å²) < 4.78 is 11.6. The highest BCUT2D eigenvalue weighted by Crippen LogP contribution is 2.39. The molecule has 2 aromatic carbocycles. The maximum Gasteiger partial charge on any atom is 0.416 e. The number of amides is 1. The van der Waals surface area contributed by atoms with Gasteiger partial charge in [0.15, 0.2) is 0 Å². The molecule has 1 aliphatic heterocycles. The number of aromatic nitrogens is 1. The van der Waals surface area contributed by atoms with Crippen LogP contribution < -0.4 is 10.1 Å². The van der Waals surface area contributed by atoms with Crippen LogP contribution in [0.3, 0.4) is 0 Å². The van der Waals surface area contributed by atoms with Gasteiger partial charge in [0.2, 0.25) is 0 Å². The maximum absolute atomic E-state index is 13.5. The second-order valence-corrected chi connectivity index (χ2v) is 11.2. The average Bonchev–Trinajstić information content (AvgIpc) is 3.39. The second-order valence-electron chi connectivity index (χ2n) is 10.4. The Hall–Kier alpha value is -3.31. The molecule has 0 radical (unpaired) electrons. The van der Waals surface area contributed by atoms with Gasteiger partial charge in [-0.15, -0.1) is 0 Å². The molecule has 0 saturated heterocycles. The van der Waals surface area contributed by atoms with E-state index in [0.29, 0.717) is 59.7 Å². The van der Waals surface area contributed by atoms with Crippen molar-refractivity contribution in [2.24, 2.45) is 0 Å². The lowest BCUT2D eigenvalue weighted by Gasteiger charge is -2.35. The number of carbonyl (C=O) groups excluding carboxylic acids is 1. The minimum absolute atomic E-state index is 0.359. The molecule has 0 saturated carbocycles. The largest absolute Gasteiger partial charge is 0.494 e. The first-order valence-corrected chi connectivity index (χ1v) is 14.8. The third kappa shape index (κ3) is 7.80. The Labute approximate surface area is 261 Å². The number of benzene rings is 2. The van der Waals surface area contributed by atoms with Gasteiger partial charge in [-0.2, -0.15) is 0 Å². The molecule has 5 N–H and O–H groups in total. The number of ether oxygens (including phenoxy) is 2. The van der Waals surface area contributed by atoms with E-state index in [0.717, 1.165) is 22.2 Å². The van der Waals surface area contributed by atoms with Crippen molar-refractivity contribution in [1.29, 1.82) is 0 Å². The lowest BCUT2D eigenvalue weighted by Crippen LogP contribution is -2.55. The Bertz CT molecular complexity index is 1470. The number of aromatic amines is 1. The van der Waals surface area contributed by atoms with Gasteiger partial charge in [-0.05, 0) is 92.1 Å². The van der Waals surface area contributed by atoms with Crippen LogP contribution in [0.15, 0.2) is 78.6 Å². The van der Waals surface area contributed by atoms with E-state index in [1.807, 2.05) is 37.3 Å². The third-order valence-corrected chi connectivity index (χ3v) is 7.92. The minimum atomic E-state index is -1.13. The fraction of sp³-hybridized carbons (Fsp3) is 0.344. The van der Waals surface area contributed by atoms with Crippen LogP contribution in [0.1, 0.15) is 30.6 Å². The Kier molecular flexibility index (Phi) is 11.3. The molecule has 1 aromatic heterocycles. The highest BCUT2D eigenvalue weighted by molar-refractivity contribution is 6.31. The van der Waals surface area contributed by atoms with Gasteiger partial charge >= 0.3 is 6.09 Å². The molecule has 0 unspecified atom stereocenters. The standard InChI is InChI=1S/C32H37Cl2N3O6/c1-3-24(42-16-4-14-35-32(18-38,19-39)20-40)9-5-21(2)30-29-26(27-17-23(34)8-12-28(27)36-29)13-15-37(30)31(41)43-25-10-6-22(33)7-11-25/h3,5-12,17,30,35-36,38-40H,2,4,13-16,18-20H2,1H3/b9-5-,24-3+/t30-/m0/s1. The van der Waals surface area contributed by atoms with Gasteiger partial charge in [-0.3, -0.25) is 4.90 Å². The highest BCUT2D eigenvalue weighted by Gasteiger charge is 2.35. The first-order valence-electron chi connectivity index (χ1n) is 14.0. The molecular formula is C32H37Cl2N3O6. The molecule has 9 nitrogen and oxygen atoms in total. The van der Waals surface area contributed by atoms with Crippen LogP contribution in [-0.4, -0.2) is 76.4 Å². The molecule has 4 rings (SSSR count). The fourth-order valence-electron chi connectivity index (χ4n) is 4.95. The average molecular weight is 631 g/mol. The summed E-state index contributed by atoms with van der Waals surface area (Å²) in [5, 5.41) is 33.5. The summed E-state index contributed by atoms with van der Waals surface area (Å²) in [4.78, 5) is 18.6. The summed E-state index contributed by atoms with van der Waals surface area (Å²) in [7, 11) is 0. The zero-order valence-electron chi connectivity index (χ0n) is 24.0. The molecule has 1 aliphatic rings. The Morgan fingerprint density at radius 3 is 2.49 bits per heavy atom.